The number of nitrogens with one attached hydrogen (secondary N) is 2. The first-order valence-electron chi connectivity index (χ1n) is 6.81. The standard InChI is InChI=1S/C14H21N3O2/c1-3-16-13-9-15-6-4-12(13)14(18)17-11-5-7-19-10(2)8-11/h4,6,9-11,16H,3,5,7-8H2,1-2H3,(H,17,18). The van der Waals surface area contributed by atoms with Gasteiger partial charge in [0.25, 0.3) is 5.91 Å². The van der Waals surface area contributed by atoms with Gasteiger partial charge in [-0.15, -0.1) is 0 Å². The fraction of sp³-hybridized carbons (Fsp3) is 0.571. The molecule has 0 aliphatic carbocycles. The highest BCUT2D eigenvalue weighted by Crippen LogP contribution is 2.16. The van der Waals surface area contributed by atoms with Gasteiger partial charge in [-0.05, 0) is 32.8 Å². The van der Waals surface area contributed by atoms with Crippen LogP contribution in [-0.4, -0.2) is 36.2 Å². The number of ether oxygens (including phenoxy) is 1. The second-order valence-corrected chi connectivity index (χ2v) is 4.83. The van der Waals surface area contributed by atoms with Crippen LogP contribution in [0.1, 0.15) is 37.0 Å². The van der Waals surface area contributed by atoms with Gasteiger partial charge in [-0.25, -0.2) is 0 Å². The summed E-state index contributed by atoms with van der Waals surface area (Å²) >= 11 is 0. The molecule has 1 aliphatic rings. The topological polar surface area (TPSA) is 63.2 Å². The van der Waals surface area contributed by atoms with Gasteiger partial charge in [0, 0.05) is 25.4 Å². The predicted molar refractivity (Wildman–Crippen MR) is 74.3 cm³/mol. The lowest BCUT2D eigenvalue weighted by molar-refractivity contribution is 0.0137. The lowest BCUT2D eigenvalue weighted by Gasteiger charge is -2.28. The van der Waals surface area contributed by atoms with E-state index in [4.69, 9.17) is 4.74 Å². The molecule has 1 amide bonds. The predicted octanol–water partition coefficient (Wildman–Crippen LogP) is 1.81. The number of carbonyl (C=O) groups excluding carboxylic acids is 1. The van der Waals surface area contributed by atoms with Crippen molar-refractivity contribution in [1.82, 2.24) is 10.3 Å². The van der Waals surface area contributed by atoms with E-state index in [1.807, 2.05) is 13.8 Å². The number of amides is 1. The minimum absolute atomic E-state index is 0.0440. The first-order valence-corrected chi connectivity index (χ1v) is 6.81. The molecule has 5 nitrogen and oxygen atoms in total. The number of carbonyl (C=O) groups is 1. The van der Waals surface area contributed by atoms with Crippen LogP contribution in [0.25, 0.3) is 0 Å². The minimum Gasteiger partial charge on any atom is -0.383 e. The molecule has 1 aliphatic heterocycles. The van der Waals surface area contributed by atoms with Crippen molar-refractivity contribution in [3.8, 4) is 0 Å². The molecule has 1 aromatic rings. The molecular formula is C14H21N3O2. The first-order chi connectivity index (χ1) is 9.20. The Hall–Kier alpha value is -1.62. The summed E-state index contributed by atoms with van der Waals surface area (Å²) in [6, 6.07) is 1.94. The summed E-state index contributed by atoms with van der Waals surface area (Å²) < 4.78 is 5.48. The maximum Gasteiger partial charge on any atom is 0.253 e. The van der Waals surface area contributed by atoms with Crippen LogP contribution in [0.2, 0.25) is 0 Å². The summed E-state index contributed by atoms with van der Waals surface area (Å²) in [4.78, 5) is 16.3. The van der Waals surface area contributed by atoms with E-state index in [9.17, 15) is 4.79 Å². The van der Waals surface area contributed by atoms with Gasteiger partial charge >= 0.3 is 0 Å². The van der Waals surface area contributed by atoms with E-state index >= 15 is 0 Å². The fourth-order valence-corrected chi connectivity index (χ4v) is 2.32. The molecule has 0 bridgehead atoms. The van der Waals surface area contributed by atoms with Crippen molar-refractivity contribution in [1.29, 1.82) is 0 Å². The van der Waals surface area contributed by atoms with Crippen LogP contribution in [0.5, 0.6) is 0 Å². The average Bonchev–Trinajstić information content (AvgIpc) is 2.39. The van der Waals surface area contributed by atoms with Crippen LogP contribution in [0.3, 0.4) is 0 Å². The molecule has 1 saturated heterocycles. The third-order valence-corrected chi connectivity index (χ3v) is 3.25. The van der Waals surface area contributed by atoms with Crippen LogP contribution in [0.15, 0.2) is 18.5 Å². The number of hydrogen-bond acceptors (Lipinski definition) is 4. The average molecular weight is 263 g/mol. The Balaban J connectivity index is 2.03. The molecule has 0 saturated carbocycles. The highest BCUT2D eigenvalue weighted by molar-refractivity contribution is 5.99. The molecule has 104 valence electrons. The molecule has 2 N–H and O–H groups in total. The Bertz CT molecular complexity index is 436. The van der Waals surface area contributed by atoms with E-state index in [1.54, 1.807) is 18.5 Å². The summed E-state index contributed by atoms with van der Waals surface area (Å²) in [5.41, 5.74) is 1.43. The molecule has 2 unspecified atom stereocenters. The number of rotatable bonds is 4. The van der Waals surface area contributed by atoms with Crippen molar-refractivity contribution >= 4 is 11.6 Å². The van der Waals surface area contributed by atoms with Gasteiger partial charge < -0.3 is 15.4 Å². The zero-order valence-electron chi connectivity index (χ0n) is 11.5. The van der Waals surface area contributed by atoms with Crippen LogP contribution in [0, 0.1) is 0 Å². The molecule has 0 aromatic carbocycles. The highest BCUT2D eigenvalue weighted by atomic mass is 16.5. The second-order valence-electron chi connectivity index (χ2n) is 4.83. The second kappa shape index (κ2) is 6.52. The highest BCUT2D eigenvalue weighted by Gasteiger charge is 2.22. The van der Waals surface area contributed by atoms with Gasteiger partial charge in [-0.1, -0.05) is 0 Å². The number of anilines is 1. The van der Waals surface area contributed by atoms with Crippen LogP contribution >= 0.6 is 0 Å². The van der Waals surface area contributed by atoms with Crippen molar-refractivity contribution < 1.29 is 9.53 Å². The van der Waals surface area contributed by atoms with E-state index in [2.05, 4.69) is 15.6 Å². The Kier molecular flexibility index (Phi) is 4.74. The molecule has 2 heterocycles. The van der Waals surface area contributed by atoms with E-state index in [-0.39, 0.29) is 18.1 Å². The quantitative estimate of drug-likeness (QED) is 0.869. The Morgan fingerprint density at radius 1 is 1.58 bits per heavy atom. The van der Waals surface area contributed by atoms with Crippen LogP contribution < -0.4 is 10.6 Å². The van der Waals surface area contributed by atoms with Crippen molar-refractivity contribution in [2.75, 3.05) is 18.5 Å². The third kappa shape index (κ3) is 3.67. The van der Waals surface area contributed by atoms with E-state index < -0.39 is 0 Å². The fourth-order valence-electron chi connectivity index (χ4n) is 2.32. The van der Waals surface area contributed by atoms with Gasteiger partial charge in [0.1, 0.15) is 0 Å². The Morgan fingerprint density at radius 2 is 2.42 bits per heavy atom. The number of aromatic nitrogens is 1. The van der Waals surface area contributed by atoms with Gasteiger partial charge in [0.2, 0.25) is 0 Å². The largest absolute Gasteiger partial charge is 0.383 e. The molecule has 0 radical (unpaired) electrons. The minimum atomic E-state index is -0.0440. The Morgan fingerprint density at radius 3 is 3.16 bits per heavy atom. The SMILES string of the molecule is CCNc1cnccc1C(=O)NC1CCOC(C)C1. The smallest absolute Gasteiger partial charge is 0.253 e. The van der Waals surface area contributed by atoms with Gasteiger partial charge in [0.15, 0.2) is 0 Å². The molecular weight excluding hydrogens is 242 g/mol. The number of hydrogen-bond donors (Lipinski definition) is 2. The maximum atomic E-state index is 12.3. The van der Waals surface area contributed by atoms with Crippen molar-refractivity contribution in [2.24, 2.45) is 0 Å². The third-order valence-electron chi connectivity index (χ3n) is 3.25. The van der Waals surface area contributed by atoms with Crippen molar-refractivity contribution in [3.05, 3.63) is 24.0 Å². The normalized spacial score (nSPS) is 22.8. The van der Waals surface area contributed by atoms with E-state index in [1.165, 1.54) is 0 Å². The van der Waals surface area contributed by atoms with E-state index in [0.717, 1.165) is 25.1 Å². The Labute approximate surface area is 113 Å². The van der Waals surface area contributed by atoms with Crippen molar-refractivity contribution in [2.45, 2.75) is 38.8 Å². The number of nitrogens with zero attached hydrogens (tertiary/aromatic N) is 1. The summed E-state index contributed by atoms with van der Waals surface area (Å²) in [7, 11) is 0. The monoisotopic (exact) mass is 263 g/mol. The molecule has 19 heavy (non-hydrogen) atoms. The summed E-state index contributed by atoms with van der Waals surface area (Å²) in [5, 5.41) is 6.23. The molecule has 1 aromatic heterocycles. The molecule has 5 heteroatoms. The maximum absolute atomic E-state index is 12.3. The lowest BCUT2D eigenvalue weighted by Crippen LogP contribution is -2.41. The van der Waals surface area contributed by atoms with E-state index in [0.29, 0.717) is 12.2 Å². The summed E-state index contributed by atoms with van der Waals surface area (Å²) in [6.45, 7) is 5.51. The van der Waals surface area contributed by atoms with Gasteiger partial charge in [-0.2, -0.15) is 0 Å². The van der Waals surface area contributed by atoms with Crippen molar-refractivity contribution in [3.63, 3.8) is 0 Å². The lowest BCUT2D eigenvalue weighted by atomic mass is 10.0. The zero-order valence-corrected chi connectivity index (χ0v) is 11.5. The van der Waals surface area contributed by atoms with Crippen LogP contribution in [0.4, 0.5) is 5.69 Å². The molecule has 2 atom stereocenters. The molecule has 1 fully saturated rings. The number of pyridine rings is 1. The van der Waals surface area contributed by atoms with Gasteiger partial charge in [-0.3, -0.25) is 9.78 Å². The summed E-state index contributed by atoms with van der Waals surface area (Å²) in [5.74, 6) is -0.0440. The first kappa shape index (κ1) is 13.8. The summed E-state index contributed by atoms with van der Waals surface area (Å²) in [6.07, 6.45) is 5.28. The molecule has 0 spiro atoms. The van der Waals surface area contributed by atoms with Gasteiger partial charge in [0.05, 0.1) is 23.6 Å². The molecule has 2 rings (SSSR count). The van der Waals surface area contributed by atoms with Crippen LogP contribution in [-0.2, 0) is 4.74 Å². The zero-order chi connectivity index (χ0) is 13.7.